The second kappa shape index (κ2) is 6.23. The maximum atomic E-state index is 11.7. The minimum Gasteiger partial charge on any atom is -0.352 e. The minimum atomic E-state index is -0.174. The fourth-order valence-electron chi connectivity index (χ4n) is 1.19. The number of rotatable bonds is 4. The van der Waals surface area contributed by atoms with Gasteiger partial charge >= 0.3 is 0 Å². The fraction of sp³-hybridized carbons (Fsp3) is 0.364. The van der Waals surface area contributed by atoms with Gasteiger partial charge in [0.2, 0.25) is 0 Å². The van der Waals surface area contributed by atoms with Gasteiger partial charge in [0.1, 0.15) is 0 Å². The van der Waals surface area contributed by atoms with Crippen molar-refractivity contribution in [3.05, 3.63) is 33.3 Å². The predicted molar refractivity (Wildman–Crippen MR) is 69.8 cm³/mol. The Labute approximate surface area is 108 Å². The first-order valence-corrected chi connectivity index (χ1v) is 6.17. The van der Waals surface area contributed by atoms with Crippen molar-refractivity contribution in [2.24, 2.45) is 5.73 Å². The molecule has 1 atom stereocenters. The van der Waals surface area contributed by atoms with Crippen LogP contribution < -0.4 is 11.1 Å². The smallest absolute Gasteiger partial charge is 0.252 e. The molecule has 0 bridgehead atoms. The lowest BCUT2D eigenvalue weighted by molar-refractivity contribution is 0.0953. The third-order valence-corrected chi connectivity index (χ3v) is 3.38. The number of carbonyl (C=O) groups excluding carboxylic acids is 1. The maximum Gasteiger partial charge on any atom is 0.252 e. The van der Waals surface area contributed by atoms with Crippen LogP contribution in [0, 0.1) is 0 Å². The van der Waals surface area contributed by atoms with Crippen LogP contribution in [0.3, 0.4) is 0 Å². The molecule has 0 aliphatic rings. The molecule has 0 fully saturated rings. The molecule has 0 aliphatic heterocycles. The van der Waals surface area contributed by atoms with Crippen LogP contribution in [0.2, 0.25) is 5.02 Å². The van der Waals surface area contributed by atoms with Gasteiger partial charge in [-0.05, 0) is 41.4 Å². The summed E-state index contributed by atoms with van der Waals surface area (Å²) in [7, 11) is 0. The molecule has 0 saturated carbocycles. The second-order valence-corrected chi connectivity index (χ2v) is 4.86. The van der Waals surface area contributed by atoms with Crippen LogP contribution in [-0.2, 0) is 0 Å². The van der Waals surface area contributed by atoms with Gasteiger partial charge in [-0.2, -0.15) is 0 Å². The summed E-state index contributed by atoms with van der Waals surface area (Å²) in [5.41, 5.74) is 6.06. The highest BCUT2D eigenvalue weighted by atomic mass is 79.9. The summed E-state index contributed by atoms with van der Waals surface area (Å²) in [6, 6.07) is 5.34. The molecule has 0 heterocycles. The lowest BCUT2D eigenvalue weighted by Crippen LogP contribution is -2.29. The van der Waals surface area contributed by atoms with Crippen molar-refractivity contribution in [2.45, 2.75) is 19.4 Å². The van der Waals surface area contributed by atoms with Crippen LogP contribution >= 0.6 is 27.5 Å². The van der Waals surface area contributed by atoms with Gasteiger partial charge in [0.05, 0.1) is 10.6 Å². The number of halogens is 2. The molecule has 0 aromatic heterocycles. The number of hydrogen-bond acceptors (Lipinski definition) is 2. The zero-order valence-electron chi connectivity index (χ0n) is 8.97. The fourth-order valence-corrected chi connectivity index (χ4v) is 1.77. The molecular formula is C11H14BrClN2O. The van der Waals surface area contributed by atoms with Crippen LogP contribution in [-0.4, -0.2) is 18.5 Å². The lowest BCUT2D eigenvalue weighted by Gasteiger charge is -2.08. The molecule has 1 unspecified atom stereocenters. The Hall–Kier alpha value is -0.580. The van der Waals surface area contributed by atoms with Gasteiger partial charge < -0.3 is 11.1 Å². The topological polar surface area (TPSA) is 55.1 Å². The Morgan fingerprint density at radius 2 is 2.31 bits per heavy atom. The van der Waals surface area contributed by atoms with Crippen LogP contribution in [0.4, 0.5) is 0 Å². The minimum absolute atomic E-state index is 0.0817. The molecular weight excluding hydrogens is 291 g/mol. The number of amides is 1. The molecule has 0 aliphatic carbocycles. The highest BCUT2D eigenvalue weighted by molar-refractivity contribution is 9.10. The molecule has 1 rings (SSSR count). The van der Waals surface area contributed by atoms with Crippen molar-refractivity contribution in [1.29, 1.82) is 0 Å². The van der Waals surface area contributed by atoms with Crippen molar-refractivity contribution in [1.82, 2.24) is 5.32 Å². The quantitative estimate of drug-likeness (QED) is 0.898. The molecule has 16 heavy (non-hydrogen) atoms. The number of nitrogens with one attached hydrogen (secondary N) is 1. The number of benzene rings is 1. The summed E-state index contributed by atoms with van der Waals surface area (Å²) >= 11 is 9.27. The number of nitrogens with two attached hydrogens (primary N) is 1. The zero-order valence-corrected chi connectivity index (χ0v) is 11.3. The molecule has 0 spiro atoms. The third-order valence-electron chi connectivity index (χ3n) is 2.08. The maximum absolute atomic E-state index is 11.7. The summed E-state index contributed by atoms with van der Waals surface area (Å²) in [4.78, 5) is 11.7. The zero-order chi connectivity index (χ0) is 12.1. The third kappa shape index (κ3) is 3.77. The van der Waals surface area contributed by atoms with Gasteiger partial charge in [0, 0.05) is 17.1 Å². The van der Waals surface area contributed by atoms with E-state index in [2.05, 4.69) is 21.2 Å². The summed E-state index contributed by atoms with van der Waals surface area (Å²) in [6.45, 7) is 2.46. The lowest BCUT2D eigenvalue weighted by atomic mass is 10.2. The van der Waals surface area contributed by atoms with E-state index in [1.807, 2.05) is 6.92 Å². The molecule has 88 valence electrons. The molecule has 0 saturated heterocycles. The van der Waals surface area contributed by atoms with E-state index in [1.54, 1.807) is 18.2 Å². The molecule has 0 radical (unpaired) electrons. The van der Waals surface area contributed by atoms with Gasteiger partial charge in [0.25, 0.3) is 5.91 Å². The van der Waals surface area contributed by atoms with Gasteiger partial charge in [-0.3, -0.25) is 4.79 Å². The predicted octanol–water partition coefficient (Wildman–Crippen LogP) is 2.57. The van der Waals surface area contributed by atoms with Crippen molar-refractivity contribution in [3.63, 3.8) is 0 Å². The highest BCUT2D eigenvalue weighted by Gasteiger charge is 2.11. The van der Waals surface area contributed by atoms with E-state index in [9.17, 15) is 4.79 Å². The first kappa shape index (κ1) is 13.5. The van der Waals surface area contributed by atoms with Gasteiger partial charge in [0.15, 0.2) is 0 Å². The Balaban J connectivity index is 2.63. The summed E-state index contributed by atoms with van der Waals surface area (Å²) in [6.07, 6.45) is 0.747. The average Bonchev–Trinajstić information content (AvgIpc) is 2.21. The van der Waals surface area contributed by atoms with Crippen LogP contribution in [0.1, 0.15) is 23.7 Å². The van der Waals surface area contributed by atoms with E-state index < -0.39 is 0 Å². The van der Waals surface area contributed by atoms with Crippen molar-refractivity contribution in [3.8, 4) is 0 Å². The monoisotopic (exact) mass is 304 g/mol. The van der Waals surface area contributed by atoms with Crippen LogP contribution in [0.5, 0.6) is 0 Å². The Morgan fingerprint density at radius 1 is 1.62 bits per heavy atom. The number of hydrogen-bond donors (Lipinski definition) is 2. The summed E-state index contributed by atoms with van der Waals surface area (Å²) in [5.74, 6) is -0.174. The van der Waals surface area contributed by atoms with E-state index in [0.29, 0.717) is 21.6 Å². The number of carbonyl (C=O) groups is 1. The summed E-state index contributed by atoms with van der Waals surface area (Å²) < 4.78 is 0.717. The molecule has 3 N–H and O–H groups in total. The van der Waals surface area contributed by atoms with Crippen molar-refractivity contribution >= 4 is 33.4 Å². The van der Waals surface area contributed by atoms with Crippen LogP contribution in [0.15, 0.2) is 22.7 Å². The van der Waals surface area contributed by atoms with Gasteiger partial charge in [-0.15, -0.1) is 0 Å². The molecule has 1 aromatic rings. The van der Waals surface area contributed by atoms with E-state index in [-0.39, 0.29) is 11.9 Å². The molecule has 1 amide bonds. The Kier molecular flexibility index (Phi) is 5.25. The van der Waals surface area contributed by atoms with Gasteiger partial charge in [-0.25, -0.2) is 0 Å². The SMILES string of the molecule is CC(N)CCNC(=O)c1cccc(Br)c1Cl. The standard InChI is InChI=1S/C11H14BrClN2O/c1-7(14)5-6-15-11(16)8-3-2-4-9(12)10(8)13/h2-4,7H,5-6,14H2,1H3,(H,15,16). The van der Waals surface area contributed by atoms with E-state index in [0.717, 1.165) is 6.42 Å². The molecule has 5 heteroatoms. The average molecular weight is 306 g/mol. The first-order chi connectivity index (χ1) is 7.52. The van der Waals surface area contributed by atoms with E-state index in [4.69, 9.17) is 17.3 Å². The second-order valence-electron chi connectivity index (χ2n) is 3.62. The molecule has 3 nitrogen and oxygen atoms in total. The first-order valence-electron chi connectivity index (χ1n) is 5.00. The Bertz CT molecular complexity index is 382. The largest absolute Gasteiger partial charge is 0.352 e. The van der Waals surface area contributed by atoms with E-state index >= 15 is 0 Å². The summed E-state index contributed by atoms with van der Waals surface area (Å²) in [5, 5.41) is 3.21. The van der Waals surface area contributed by atoms with Crippen molar-refractivity contribution < 1.29 is 4.79 Å². The highest BCUT2D eigenvalue weighted by Crippen LogP contribution is 2.25. The normalized spacial score (nSPS) is 12.2. The van der Waals surface area contributed by atoms with Crippen molar-refractivity contribution in [2.75, 3.05) is 6.54 Å². The van der Waals surface area contributed by atoms with Crippen LogP contribution in [0.25, 0.3) is 0 Å². The van der Waals surface area contributed by atoms with Gasteiger partial charge in [-0.1, -0.05) is 17.7 Å². The molecule has 1 aromatic carbocycles. The Morgan fingerprint density at radius 3 is 2.94 bits per heavy atom. The van der Waals surface area contributed by atoms with E-state index in [1.165, 1.54) is 0 Å².